The molecule has 0 aliphatic rings. The first-order valence-corrected chi connectivity index (χ1v) is 3.48. The number of hydrogen-bond donors (Lipinski definition) is 4. The molecule has 70 valence electrons. The van der Waals surface area contributed by atoms with Crippen molar-refractivity contribution in [3.8, 4) is 0 Å². The fraction of sp³-hybridized carbons (Fsp3) is 0.143. The van der Waals surface area contributed by atoms with Crippen molar-refractivity contribution in [3.63, 3.8) is 0 Å². The fourth-order valence-electron chi connectivity index (χ4n) is 0.939. The van der Waals surface area contributed by atoms with Gasteiger partial charge >= 0.3 is 6.09 Å². The molecule has 6 heteroatoms. The smallest absolute Gasteiger partial charge is 0.410 e. The van der Waals surface area contributed by atoms with Crippen molar-refractivity contribution in [2.75, 3.05) is 0 Å². The van der Waals surface area contributed by atoms with Crippen LogP contribution in [0, 0.1) is 12.3 Å². The van der Waals surface area contributed by atoms with Crippen molar-refractivity contribution >= 4 is 11.9 Å². The molecule has 0 radical (unpaired) electrons. The Balaban J connectivity index is 2.88. The quantitative estimate of drug-likeness (QED) is 0.292. The van der Waals surface area contributed by atoms with Crippen LogP contribution in [0.2, 0.25) is 0 Å². The zero-order valence-corrected chi connectivity index (χ0v) is 6.90. The first-order valence-electron chi connectivity index (χ1n) is 3.48. The van der Waals surface area contributed by atoms with Crippen LogP contribution >= 0.6 is 0 Å². The third-order valence-corrected chi connectivity index (χ3v) is 1.43. The van der Waals surface area contributed by atoms with E-state index in [4.69, 9.17) is 15.7 Å². The fourth-order valence-corrected chi connectivity index (χ4v) is 0.939. The Kier molecular flexibility index (Phi) is 2.23. The molecule has 0 aromatic carbocycles. The Hall–Kier alpha value is -1.98. The van der Waals surface area contributed by atoms with E-state index in [2.05, 4.69) is 0 Å². The number of carboxylic acid groups (broad SMARTS) is 1. The van der Waals surface area contributed by atoms with Gasteiger partial charge in [-0.05, 0) is 18.6 Å². The Morgan fingerprint density at radius 2 is 2.31 bits per heavy atom. The SMILES string of the molecule is Cc1cc(C(=N)NC(=O)O)n(O)c1. The Morgan fingerprint density at radius 3 is 2.69 bits per heavy atom. The minimum Gasteiger partial charge on any atom is -0.465 e. The van der Waals surface area contributed by atoms with Crippen LogP contribution in [-0.4, -0.2) is 27.0 Å². The van der Waals surface area contributed by atoms with Gasteiger partial charge in [0.25, 0.3) is 0 Å². The lowest BCUT2D eigenvalue weighted by atomic mass is 10.3. The van der Waals surface area contributed by atoms with E-state index in [0.717, 1.165) is 5.56 Å². The van der Waals surface area contributed by atoms with Gasteiger partial charge in [0.15, 0.2) is 5.84 Å². The molecule has 0 aliphatic carbocycles. The lowest BCUT2D eigenvalue weighted by Crippen LogP contribution is -2.30. The number of amides is 1. The van der Waals surface area contributed by atoms with Crippen LogP contribution in [0.25, 0.3) is 0 Å². The number of aromatic nitrogens is 1. The van der Waals surface area contributed by atoms with Crippen LogP contribution in [0.4, 0.5) is 4.79 Å². The lowest BCUT2D eigenvalue weighted by molar-refractivity contribution is 0.184. The molecular weight excluding hydrogens is 174 g/mol. The summed E-state index contributed by atoms with van der Waals surface area (Å²) in [6, 6.07) is 1.50. The van der Waals surface area contributed by atoms with Gasteiger partial charge in [0.1, 0.15) is 5.69 Å². The van der Waals surface area contributed by atoms with Crippen molar-refractivity contribution in [3.05, 3.63) is 23.5 Å². The van der Waals surface area contributed by atoms with E-state index in [-0.39, 0.29) is 11.5 Å². The highest BCUT2D eigenvalue weighted by Crippen LogP contribution is 2.04. The monoisotopic (exact) mass is 183 g/mol. The molecule has 6 nitrogen and oxygen atoms in total. The predicted molar refractivity (Wildman–Crippen MR) is 44.3 cm³/mol. The number of rotatable bonds is 1. The molecule has 1 heterocycles. The standard InChI is InChI=1S/C7H9N3O3/c1-4-2-5(10(13)3-4)6(8)9-7(11)12/h2-3,13H,1H3,(H2,8,9)(H,11,12). The minimum atomic E-state index is -1.33. The van der Waals surface area contributed by atoms with Gasteiger partial charge in [-0.3, -0.25) is 10.7 Å². The zero-order chi connectivity index (χ0) is 10.0. The van der Waals surface area contributed by atoms with Gasteiger partial charge in [0.2, 0.25) is 0 Å². The second-order valence-electron chi connectivity index (χ2n) is 2.55. The highest BCUT2D eigenvalue weighted by Gasteiger charge is 2.10. The molecule has 0 bridgehead atoms. The van der Waals surface area contributed by atoms with E-state index in [0.29, 0.717) is 4.73 Å². The maximum Gasteiger partial charge on any atom is 0.410 e. The van der Waals surface area contributed by atoms with E-state index in [1.54, 1.807) is 6.92 Å². The predicted octanol–water partition coefficient (Wildman–Crippen LogP) is 0.627. The molecule has 1 amide bonds. The van der Waals surface area contributed by atoms with Gasteiger partial charge < -0.3 is 10.3 Å². The van der Waals surface area contributed by atoms with Gasteiger partial charge in [0, 0.05) is 6.20 Å². The molecule has 1 rings (SSSR count). The average Bonchev–Trinajstić information content (AvgIpc) is 2.28. The molecule has 0 aliphatic heterocycles. The summed E-state index contributed by atoms with van der Waals surface area (Å²) in [5.41, 5.74) is 0.856. The molecule has 4 N–H and O–H groups in total. The Bertz CT molecular complexity index is 356. The number of amidine groups is 1. The first-order chi connectivity index (χ1) is 6.00. The van der Waals surface area contributed by atoms with E-state index in [9.17, 15) is 4.79 Å². The number of hydrogen-bond acceptors (Lipinski definition) is 3. The summed E-state index contributed by atoms with van der Waals surface area (Å²) in [5, 5.41) is 26.5. The Labute approximate surface area is 73.9 Å². The van der Waals surface area contributed by atoms with Crippen LogP contribution in [0.15, 0.2) is 12.3 Å². The summed E-state index contributed by atoms with van der Waals surface area (Å²) in [4.78, 5) is 10.2. The van der Waals surface area contributed by atoms with Gasteiger partial charge in [-0.25, -0.2) is 4.79 Å². The number of carbonyl (C=O) groups is 1. The topological polar surface area (TPSA) is 98.3 Å². The van der Waals surface area contributed by atoms with Crippen molar-refractivity contribution in [2.45, 2.75) is 6.92 Å². The minimum absolute atomic E-state index is 0.111. The van der Waals surface area contributed by atoms with Crippen molar-refractivity contribution in [2.24, 2.45) is 0 Å². The van der Waals surface area contributed by atoms with E-state index >= 15 is 0 Å². The average molecular weight is 183 g/mol. The summed E-state index contributed by atoms with van der Waals surface area (Å²) >= 11 is 0. The molecule has 0 saturated carbocycles. The van der Waals surface area contributed by atoms with E-state index in [1.807, 2.05) is 5.32 Å². The summed E-state index contributed by atoms with van der Waals surface area (Å²) in [6.45, 7) is 1.73. The molecular formula is C7H9N3O3. The molecule has 0 saturated heterocycles. The first kappa shape index (κ1) is 9.11. The van der Waals surface area contributed by atoms with Crippen LogP contribution in [0.3, 0.4) is 0 Å². The maximum absolute atomic E-state index is 10.2. The summed E-state index contributed by atoms with van der Waals surface area (Å²) in [7, 11) is 0. The third-order valence-electron chi connectivity index (χ3n) is 1.43. The van der Waals surface area contributed by atoms with E-state index in [1.165, 1.54) is 12.3 Å². The second kappa shape index (κ2) is 3.18. The van der Waals surface area contributed by atoms with Crippen LogP contribution in [0.1, 0.15) is 11.3 Å². The molecule has 0 atom stereocenters. The summed E-state index contributed by atoms with van der Waals surface area (Å²) in [6.07, 6.45) is 0.0526. The van der Waals surface area contributed by atoms with Crippen molar-refractivity contribution in [1.82, 2.24) is 10.0 Å². The lowest BCUT2D eigenvalue weighted by Gasteiger charge is -2.02. The molecule has 1 aromatic heterocycles. The molecule has 0 spiro atoms. The molecule has 1 aromatic rings. The van der Waals surface area contributed by atoms with Crippen LogP contribution in [0.5, 0.6) is 0 Å². The summed E-state index contributed by atoms with van der Waals surface area (Å²) < 4.78 is 0.702. The second-order valence-corrected chi connectivity index (χ2v) is 2.55. The Morgan fingerprint density at radius 1 is 1.69 bits per heavy atom. The highest BCUT2D eigenvalue weighted by atomic mass is 16.5. The molecule has 13 heavy (non-hydrogen) atoms. The molecule has 0 unspecified atom stereocenters. The largest absolute Gasteiger partial charge is 0.465 e. The van der Waals surface area contributed by atoms with Gasteiger partial charge in [0.05, 0.1) is 0 Å². The van der Waals surface area contributed by atoms with Gasteiger partial charge in [-0.2, -0.15) is 4.73 Å². The van der Waals surface area contributed by atoms with Gasteiger partial charge in [-0.15, -0.1) is 0 Å². The maximum atomic E-state index is 10.2. The highest BCUT2D eigenvalue weighted by molar-refractivity contribution is 6.03. The third kappa shape index (κ3) is 1.98. The van der Waals surface area contributed by atoms with E-state index < -0.39 is 6.09 Å². The normalized spacial score (nSPS) is 9.62. The van der Waals surface area contributed by atoms with Crippen molar-refractivity contribution < 1.29 is 15.1 Å². The summed E-state index contributed by atoms with van der Waals surface area (Å²) in [5.74, 6) is -0.358. The van der Waals surface area contributed by atoms with Crippen LogP contribution in [-0.2, 0) is 0 Å². The number of nitrogens with zero attached hydrogens (tertiary/aromatic N) is 1. The zero-order valence-electron chi connectivity index (χ0n) is 6.90. The van der Waals surface area contributed by atoms with Crippen molar-refractivity contribution in [1.29, 1.82) is 5.41 Å². The number of nitrogens with one attached hydrogen (secondary N) is 2. The molecule has 0 fully saturated rings. The van der Waals surface area contributed by atoms with Gasteiger partial charge in [-0.1, -0.05) is 0 Å². The van der Waals surface area contributed by atoms with Crippen LogP contribution < -0.4 is 5.32 Å². The number of aryl methyl sites for hydroxylation is 1.